The molecule has 1 atom stereocenters. The lowest BCUT2D eigenvalue weighted by Gasteiger charge is -2.38. The molecular weight excluding hydrogens is 366 g/mol. The van der Waals surface area contributed by atoms with Crippen LogP contribution in [0, 0.1) is 0 Å². The molecule has 2 aliphatic heterocycles. The molecule has 2 aromatic rings. The minimum atomic E-state index is -0.212. The van der Waals surface area contributed by atoms with E-state index in [9.17, 15) is 9.59 Å². The standard InChI is InChI=1S/C20H22ClN3O3/c21-16-5-3-15(4-6-16)20-17-2-1-7-22(17)8-9-24(20)19(26)14-18(25)23-10-12-27-13-11-23/h1-7,20H,8-14H2/t20-/m0/s1. The van der Waals surface area contributed by atoms with E-state index in [4.69, 9.17) is 16.3 Å². The van der Waals surface area contributed by atoms with Crippen LogP contribution in [0.25, 0.3) is 0 Å². The van der Waals surface area contributed by atoms with Gasteiger partial charge >= 0.3 is 0 Å². The van der Waals surface area contributed by atoms with Crippen LogP contribution in [0.5, 0.6) is 0 Å². The Bertz CT molecular complexity index is 827. The predicted molar refractivity (Wildman–Crippen MR) is 101 cm³/mol. The van der Waals surface area contributed by atoms with Crippen LogP contribution >= 0.6 is 11.6 Å². The molecule has 0 spiro atoms. The van der Waals surface area contributed by atoms with E-state index in [0.29, 0.717) is 37.9 Å². The third kappa shape index (κ3) is 3.73. The Morgan fingerprint density at radius 3 is 2.48 bits per heavy atom. The molecule has 27 heavy (non-hydrogen) atoms. The first kappa shape index (κ1) is 18.1. The predicted octanol–water partition coefficient (Wildman–Crippen LogP) is 2.32. The number of hydrogen-bond donors (Lipinski definition) is 0. The molecule has 0 saturated carbocycles. The molecule has 0 N–H and O–H groups in total. The quantitative estimate of drug-likeness (QED) is 0.759. The van der Waals surface area contributed by atoms with Gasteiger partial charge in [-0.15, -0.1) is 0 Å². The van der Waals surface area contributed by atoms with Gasteiger partial charge in [0.25, 0.3) is 0 Å². The summed E-state index contributed by atoms with van der Waals surface area (Å²) in [6.07, 6.45) is 1.92. The SMILES string of the molecule is O=C(CC(=O)N1CCn2cccc2[C@@H]1c1ccc(Cl)cc1)N1CCOCC1. The third-order valence-electron chi connectivity index (χ3n) is 5.21. The van der Waals surface area contributed by atoms with Gasteiger partial charge < -0.3 is 19.1 Å². The summed E-state index contributed by atoms with van der Waals surface area (Å²) in [4.78, 5) is 29.1. The van der Waals surface area contributed by atoms with Gasteiger partial charge in [0.05, 0.1) is 19.3 Å². The number of carbonyl (C=O) groups excluding carboxylic acids is 2. The molecule has 0 bridgehead atoms. The molecular formula is C20H22ClN3O3. The maximum absolute atomic E-state index is 13.0. The van der Waals surface area contributed by atoms with Gasteiger partial charge in [-0.3, -0.25) is 9.59 Å². The first-order valence-electron chi connectivity index (χ1n) is 9.19. The number of morpholine rings is 1. The Hall–Kier alpha value is -2.31. The fourth-order valence-electron chi connectivity index (χ4n) is 3.80. The number of hydrogen-bond acceptors (Lipinski definition) is 3. The second-order valence-electron chi connectivity index (χ2n) is 6.84. The number of benzene rings is 1. The molecule has 1 fully saturated rings. The number of nitrogens with zero attached hydrogens (tertiary/aromatic N) is 3. The number of carbonyl (C=O) groups is 2. The zero-order valence-electron chi connectivity index (χ0n) is 15.0. The lowest BCUT2D eigenvalue weighted by Crippen LogP contribution is -2.46. The number of amides is 2. The van der Waals surface area contributed by atoms with E-state index >= 15 is 0 Å². The van der Waals surface area contributed by atoms with Crippen molar-refractivity contribution in [1.82, 2.24) is 14.4 Å². The minimum Gasteiger partial charge on any atom is -0.378 e. The average molecular weight is 388 g/mol. The Labute approximate surface area is 163 Å². The Balaban J connectivity index is 1.57. The van der Waals surface area contributed by atoms with Crippen molar-refractivity contribution < 1.29 is 14.3 Å². The maximum atomic E-state index is 13.0. The van der Waals surface area contributed by atoms with Gasteiger partial charge in [0, 0.05) is 43.1 Å². The van der Waals surface area contributed by atoms with Gasteiger partial charge in [0.2, 0.25) is 11.8 Å². The molecule has 4 rings (SSSR count). The lowest BCUT2D eigenvalue weighted by atomic mass is 9.99. The Morgan fingerprint density at radius 2 is 1.74 bits per heavy atom. The van der Waals surface area contributed by atoms with Crippen molar-refractivity contribution in [2.75, 3.05) is 32.8 Å². The molecule has 0 radical (unpaired) electrons. The highest BCUT2D eigenvalue weighted by Crippen LogP contribution is 2.33. The van der Waals surface area contributed by atoms with E-state index in [-0.39, 0.29) is 24.3 Å². The number of halogens is 1. The zero-order valence-corrected chi connectivity index (χ0v) is 15.8. The number of aromatic nitrogens is 1. The van der Waals surface area contributed by atoms with Crippen LogP contribution in [-0.2, 0) is 20.9 Å². The summed E-state index contributed by atoms with van der Waals surface area (Å²) in [5.74, 6) is -0.266. The van der Waals surface area contributed by atoms with Crippen molar-refractivity contribution in [3.63, 3.8) is 0 Å². The van der Waals surface area contributed by atoms with Gasteiger partial charge in [0.15, 0.2) is 0 Å². The van der Waals surface area contributed by atoms with Crippen molar-refractivity contribution in [3.05, 3.63) is 58.9 Å². The highest BCUT2D eigenvalue weighted by Gasteiger charge is 2.33. The molecule has 1 aromatic heterocycles. The van der Waals surface area contributed by atoms with Crippen molar-refractivity contribution in [3.8, 4) is 0 Å². The van der Waals surface area contributed by atoms with Crippen LogP contribution in [0.1, 0.15) is 23.7 Å². The van der Waals surface area contributed by atoms with E-state index < -0.39 is 0 Å². The molecule has 0 unspecified atom stereocenters. The smallest absolute Gasteiger partial charge is 0.232 e. The van der Waals surface area contributed by atoms with Crippen LogP contribution in [0.15, 0.2) is 42.6 Å². The van der Waals surface area contributed by atoms with E-state index in [2.05, 4.69) is 4.57 Å². The molecule has 0 aliphatic carbocycles. The van der Waals surface area contributed by atoms with Gasteiger partial charge in [-0.25, -0.2) is 0 Å². The summed E-state index contributed by atoms with van der Waals surface area (Å²) >= 11 is 6.04. The maximum Gasteiger partial charge on any atom is 0.232 e. The van der Waals surface area contributed by atoms with Crippen LogP contribution in [0.4, 0.5) is 0 Å². The van der Waals surface area contributed by atoms with Gasteiger partial charge in [0.1, 0.15) is 6.42 Å². The highest BCUT2D eigenvalue weighted by atomic mass is 35.5. The summed E-state index contributed by atoms with van der Waals surface area (Å²) < 4.78 is 7.44. The summed E-state index contributed by atoms with van der Waals surface area (Å²) in [5, 5.41) is 0.658. The molecule has 3 heterocycles. The lowest BCUT2D eigenvalue weighted by molar-refractivity contribution is -0.144. The van der Waals surface area contributed by atoms with Crippen LogP contribution in [0.3, 0.4) is 0 Å². The van der Waals surface area contributed by atoms with E-state index in [0.717, 1.165) is 17.8 Å². The molecule has 6 nitrogen and oxygen atoms in total. The van der Waals surface area contributed by atoms with Crippen molar-refractivity contribution in [2.24, 2.45) is 0 Å². The number of rotatable bonds is 3. The monoisotopic (exact) mass is 387 g/mol. The highest BCUT2D eigenvalue weighted by molar-refractivity contribution is 6.30. The second kappa shape index (κ2) is 7.74. The molecule has 2 amide bonds. The molecule has 7 heteroatoms. The topological polar surface area (TPSA) is 54.8 Å². The van der Waals surface area contributed by atoms with Crippen LogP contribution in [-0.4, -0.2) is 59.0 Å². The normalized spacial score (nSPS) is 19.7. The third-order valence-corrected chi connectivity index (χ3v) is 5.46. The van der Waals surface area contributed by atoms with Crippen molar-refractivity contribution in [1.29, 1.82) is 0 Å². The van der Waals surface area contributed by atoms with Crippen LogP contribution < -0.4 is 0 Å². The van der Waals surface area contributed by atoms with Gasteiger partial charge in [-0.1, -0.05) is 23.7 Å². The zero-order chi connectivity index (χ0) is 18.8. The van der Waals surface area contributed by atoms with Gasteiger partial charge in [-0.2, -0.15) is 0 Å². The average Bonchev–Trinajstić information content (AvgIpc) is 3.17. The first-order valence-corrected chi connectivity index (χ1v) is 9.57. The van der Waals surface area contributed by atoms with Crippen LogP contribution in [0.2, 0.25) is 5.02 Å². The Morgan fingerprint density at radius 1 is 1.00 bits per heavy atom. The largest absolute Gasteiger partial charge is 0.378 e. The molecule has 2 aliphatic rings. The molecule has 1 saturated heterocycles. The molecule has 142 valence electrons. The fourth-order valence-corrected chi connectivity index (χ4v) is 3.93. The Kier molecular flexibility index (Phi) is 5.18. The fraction of sp³-hybridized carbons (Fsp3) is 0.400. The number of fused-ring (bicyclic) bond motifs is 1. The summed E-state index contributed by atoms with van der Waals surface area (Å²) in [5.41, 5.74) is 2.04. The second-order valence-corrected chi connectivity index (χ2v) is 7.27. The molecule has 1 aromatic carbocycles. The minimum absolute atomic E-state index is 0.106. The van der Waals surface area contributed by atoms with Crippen molar-refractivity contribution in [2.45, 2.75) is 19.0 Å². The van der Waals surface area contributed by atoms with Gasteiger partial charge in [-0.05, 0) is 29.8 Å². The van der Waals surface area contributed by atoms with E-state index in [1.807, 2.05) is 47.5 Å². The summed E-state index contributed by atoms with van der Waals surface area (Å²) in [6, 6.07) is 11.4. The van der Waals surface area contributed by atoms with E-state index in [1.165, 1.54) is 0 Å². The van der Waals surface area contributed by atoms with Crippen molar-refractivity contribution >= 4 is 23.4 Å². The first-order chi connectivity index (χ1) is 13.1. The van der Waals surface area contributed by atoms with E-state index in [1.54, 1.807) is 4.90 Å². The number of ether oxygens (including phenoxy) is 1. The summed E-state index contributed by atoms with van der Waals surface area (Å²) in [7, 11) is 0. The summed E-state index contributed by atoms with van der Waals surface area (Å²) in [6.45, 7) is 3.47.